The molecule has 1 heterocycles. The number of hydrogen-bond donors (Lipinski definition) is 3. The summed E-state index contributed by atoms with van der Waals surface area (Å²) in [4.78, 5) is 36.3. The zero-order valence-corrected chi connectivity index (χ0v) is 19.4. The van der Waals surface area contributed by atoms with Gasteiger partial charge in [-0.3, -0.25) is 4.79 Å². The van der Waals surface area contributed by atoms with E-state index in [4.69, 9.17) is 9.47 Å². The van der Waals surface area contributed by atoms with Gasteiger partial charge in [-0.15, -0.1) is 0 Å². The zero-order valence-electron chi connectivity index (χ0n) is 19.4. The predicted molar refractivity (Wildman–Crippen MR) is 125 cm³/mol. The van der Waals surface area contributed by atoms with Crippen LogP contribution < -0.4 is 10.6 Å². The number of carboxylic acid groups (broad SMARTS) is 1. The first-order chi connectivity index (χ1) is 16.3. The molecule has 0 radical (unpaired) electrons. The average Bonchev–Trinajstić information content (AvgIpc) is 3.40. The van der Waals surface area contributed by atoms with Crippen LogP contribution in [0.15, 0.2) is 48.5 Å². The molecule has 1 fully saturated rings. The molecule has 0 saturated carbocycles. The Morgan fingerprint density at radius 1 is 1.06 bits per heavy atom. The molecule has 2 aromatic rings. The van der Waals surface area contributed by atoms with Crippen molar-refractivity contribution in [3.8, 4) is 11.1 Å². The minimum atomic E-state index is -1.09. The van der Waals surface area contributed by atoms with Crippen LogP contribution in [0.2, 0.25) is 0 Å². The third-order valence-corrected chi connectivity index (χ3v) is 6.63. The van der Waals surface area contributed by atoms with E-state index in [2.05, 4.69) is 34.9 Å². The van der Waals surface area contributed by atoms with Gasteiger partial charge in [0.25, 0.3) is 0 Å². The summed E-state index contributed by atoms with van der Waals surface area (Å²) in [5.41, 5.74) is 3.81. The van der Waals surface area contributed by atoms with Gasteiger partial charge in [0.1, 0.15) is 6.61 Å². The van der Waals surface area contributed by atoms with Crippen molar-refractivity contribution < 1.29 is 29.0 Å². The molecule has 2 aliphatic rings. The molecule has 2 atom stereocenters. The summed E-state index contributed by atoms with van der Waals surface area (Å²) in [6.07, 6.45) is -0.739. The van der Waals surface area contributed by atoms with Gasteiger partial charge in [0.15, 0.2) is 6.10 Å². The molecular weight excluding hydrogens is 436 g/mol. The highest BCUT2D eigenvalue weighted by Gasteiger charge is 2.38. The van der Waals surface area contributed by atoms with E-state index in [0.29, 0.717) is 19.4 Å². The normalized spacial score (nSPS) is 19.2. The van der Waals surface area contributed by atoms with Crippen molar-refractivity contribution in [2.45, 2.75) is 44.8 Å². The standard InChI is InChI=1S/C26H30N2O6/c1-26(2,24(31)28-21-11-14-33-22(21)23(29)30)12-13-27-25(32)34-15-20-18-9-5-3-7-16(18)17-8-4-6-10-19(17)20/h3-10,20-22H,11-15H2,1-2H3,(H,27,32)(H,28,31)(H,29,30)/t21-,22+/m0/s1. The summed E-state index contributed by atoms with van der Waals surface area (Å²) in [7, 11) is 0. The first kappa shape index (κ1) is 23.8. The number of aliphatic carboxylic acids is 1. The monoisotopic (exact) mass is 466 g/mol. The number of rotatable bonds is 8. The molecule has 8 heteroatoms. The molecule has 180 valence electrons. The quantitative estimate of drug-likeness (QED) is 0.550. The van der Waals surface area contributed by atoms with Crippen LogP contribution in [0.1, 0.15) is 43.7 Å². The number of nitrogens with one attached hydrogen (secondary N) is 2. The van der Waals surface area contributed by atoms with E-state index in [1.54, 1.807) is 13.8 Å². The second-order valence-electron chi connectivity index (χ2n) is 9.38. The largest absolute Gasteiger partial charge is 0.479 e. The van der Waals surface area contributed by atoms with Gasteiger partial charge >= 0.3 is 12.1 Å². The molecule has 0 spiro atoms. The van der Waals surface area contributed by atoms with E-state index in [0.717, 1.165) is 22.3 Å². The Bertz CT molecular complexity index is 1040. The van der Waals surface area contributed by atoms with Gasteiger partial charge in [-0.2, -0.15) is 0 Å². The molecule has 1 aliphatic heterocycles. The number of benzene rings is 2. The number of carboxylic acids is 1. The summed E-state index contributed by atoms with van der Waals surface area (Å²) >= 11 is 0. The third-order valence-electron chi connectivity index (χ3n) is 6.63. The molecule has 0 unspecified atom stereocenters. The Hall–Kier alpha value is -3.39. The smallest absolute Gasteiger partial charge is 0.407 e. The molecule has 0 bridgehead atoms. The van der Waals surface area contributed by atoms with Crippen molar-refractivity contribution in [3.05, 3.63) is 59.7 Å². The SMILES string of the molecule is CC(C)(CCNC(=O)OCC1c2ccccc2-c2ccccc21)C(=O)N[C@H]1CCO[C@H]1C(=O)O. The maximum absolute atomic E-state index is 12.7. The van der Waals surface area contributed by atoms with Crippen LogP contribution in [0, 0.1) is 5.41 Å². The maximum Gasteiger partial charge on any atom is 0.407 e. The van der Waals surface area contributed by atoms with Crippen molar-refractivity contribution in [3.63, 3.8) is 0 Å². The molecule has 0 aromatic heterocycles. The summed E-state index contributed by atoms with van der Waals surface area (Å²) in [6.45, 7) is 4.29. The van der Waals surface area contributed by atoms with E-state index in [1.807, 2.05) is 24.3 Å². The molecule has 1 saturated heterocycles. The van der Waals surface area contributed by atoms with Crippen LogP contribution >= 0.6 is 0 Å². The van der Waals surface area contributed by atoms with Gasteiger partial charge in [-0.05, 0) is 35.1 Å². The Balaban J connectivity index is 1.26. The lowest BCUT2D eigenvalue weighted by Gasteiger charge is -2.26. The van der Waals surface area contributed by atoms with Crippen molar-refractivity contribution in [2.24, 2.45) is 5.41 Å². The number of alkyl carbamates (subject to hydrolysis) is 1. The first-order valence-electron chi connectivity index (χ1n) is 11.5. The molecule has 4 rings (SSSR count). The fraction of sp³-hybridized carbons (Fsp3) is 0.423. The van der Waals surface area contributed by atoms with Crippen molar-refractivity contribution >= 4 is 18.0 Å². The van der Waals surface area contributed by atoms with E-state index in [1.165, 1.54) is 0 Å². The highest BCUT2D eigenvalue weighted by atomic mass is 16.5. The highest BCUT2D eigenvalue weighted by Crippen LogP contribution is 2.44. The lowest BCUT2D eigenvalue weighted by molar-refractivity contribution is -0.148. The van der Waals surface area contributed by atoms with Crippen molar-refractivity contribution in [2.75, 3.05) is 19.8 Å². The predicted octanol–water partition coefficient (Wildman–Crippen LogP) is 3.30. The number of ether oxygens (including phenoxy) is 2. The fourth-order valence-corrected chi connectivity index (χ4v) is 4.58. The van der Waals surface area contributed by atoms with Gasteiger partial charge in [-0.1, -0.05) is 62.4 Å². The van der Waals surface area contributed by atoms with Crippen molar-refractivity contribution in [1.82, 2.24) is 10.6 Å². The van der Waals surface area contributed by atoms with Gasteiger partial charge in [0, 0.05) is 24.5 Å². The summed E-state index contributed by atoms with van der Waals surface area (Å²) in [6, 6.07) is 15.7. The van der Waals surface area contributed by atoms with Crippen LogP contribution in [0.25, 0.3) is 11.1 Å². The number of carbonyl (C=O) groups is 3. The second kappa shape index (κ2) is 9.85. The minimum absolute atomic E-state index is 0.0174. The molecule has 8 nitrogen and oxygen atoms in total. The van der Waals surface area contributed by atoms with Crippen molar-refractivity contribution in [1.29, 1.82) is 0 Å². The fourth-order valence-electron chi connectivity index (χ4n) is 4.58. The lowest BCUT2D eigenvalue weighted by atomic mass is 9.87. The molecule has 2 amide bonds. The maximum atomic E-state index is 12.7. The van der Waals surface area contributed by atoms with E-state index in [-0.39, 0.29) is 25.0 Å². The summed E-state index contributed by atoms with van der Waals surface area (Å²) in [5, 5.41) is 14.7. The number of fused-ring (bicyclic) bond motifs is 3. The minimum Gasteiger partial charge on any atom is -0.479 e. The van der Waals surface area contributed by atoms with Gasteiger partial charge in [0.05, 0.1) is 6.04 Å². The Morgan fingerprint density at radius 3 is 2.29 bits per heavy atom. The zero-order chi connectivity index (χ0) is 24.3. The van der Waals surface area contributed by atoms with Crippen LogP contribution in [0.3, 0.4) is 0 Å². The summed E-state index contributed by atoms with van der Waals surface area (Å²) < 4.78 is 10.7. The Kier molecular flexibility index (Phi) is 6.88. The second-order valence-corrected chi connectivity index (χ2v) is 9.38. The molecule has 1 aliphatic carbocycles. The average molecular weight is 467 g/mol. The van der Waals surface area contributed by atoms with E-state index in [9.17, 15) is 19.5 Å². The van der Waals surface area contributed by atoms with Gasteiger partial charge in [-0.25, -0.2) is 9.59 Å². The van der Waals surface area contributed by atoms with E-state index >= 15 is 0 Å². The number of hydrogen-bond acceptors (Lipinski definition) is 5. The number of carbonyl (C=O) groups excluding carboxylic acids is 2. The molecule has 3 N–H and O–H groups in total. The number of amides is 2. The van der Waals surface area contributed by atoms with Crippen LogP contribution in [-0.4, -0.2) is 55.0 Å². The summed E-state index contributed by atoms with van der Waals surface area (Å²) in [5.74, 6) is -1.38. The Morgan fingerprint density at radius 2 is 1.68 bits per heavy atom. The third kappa shape index (κ3) is 4.92. The molecule has 2 aromatic carbocycles. The topological polar surface area (TPSA) is 114 Å². The lowest BCUT2D eigenvalue weighted by Crippen LogP contribution is -2.49. The van der Waals surface area contributed by atoms with E-state index < -0.39 is 29.6 Å². The highest BCUT2D eigenvalue weighted by molar-refractivity contribution is 5.83. The first-order valence-corrected chi connectivity index (χ1v) is 11.5. The Labute approximate surface area is 198 Å². The van der Waals surface area contributed by atoms with Crippen LogP contribution in [-0.2, 0) is 19.1 Å². The molecule has 34 heavy (non-hydrogen) atoms. The van der Waals surface area contributed by atoms with Gasteiger partial charge in [0.2, 0.25) is 5.91 Å². The van der Waals surface area contributed by atoms with Gasteiger partial charge < -0.3 is 25.2 Å². The van der Waals surface area contributed by atoms with Crippen LogP contribution in [0.4, 0.5) is 4.79 Å². The van der Waals surface area contributed by atoms with Crippen LogP contribution in [0.5, 0.6) is 0 Å². The molecular formula is C26H30N2O6.